The summed E-state index contributed by atoms with van der Waals surface area (Å²) in [6.45, 7) is 4.14. The number of rotatable bonds is 4. The molecule has 0 N–H and O–H groups in total. The molecule has 0 aliphatic carbocycles. The summed E-state index contributed by atoms with van der Waals surface area (Å²) >= 11 is 0. The molecule has 2 aliphatic heterocycles. The summed E-state index contributed by atoms with van der Waals surface area (Å²) in [5, 5.41) is 5.85. The number of aryl methyl sites for hydroxylation is 1. The maximum absolute atomic E-state index is 13.2. The van der Waals surface area contributed by atoms with Gasteiger partial charge in [-0.2, -0.15) is 5.10 Å². The molecular weight excluding hydrogens is 352 g/mol. The van der Waals surface area contributed by atoms with Crippen LogP contribution in [0.15, 0.2) is 29.1 Å². The summed E-state index contributed by atoms with van der Waals surface area (Å²) in [4.78, 5) is 30.2. The van der Waals surface area contributed by atoms with E-state index in [9.17, 15) is 9.59 Å². The zero-order valence-electron chi connectivity index (χ0n) is 16.8. The quantitative estimate of drug-likeness (QED) is 0.814. The van der Waals surface area contributed by atoms with Gasteiger partial charge in [0.2, 0.25) is 5.91 Å². The number of nitrogens with zero attached hydrogens (tertiary/aromatic N) is 4. The predicted octanol–water partition coefficient (Wildman–Crippen LogP) is 2.34. The van der Waals surface area contributed by atoms with E-state index in [4.69, 9.17) is 0 Å². The highest BCUT2D eigenvalue weighted by Crippen LogP contribution is 2.22. The van der Waals surface area contributed by atoms with E-state index in [1.807, 2.05) is 24.3 Å². The second-order valence-electron chi connectivity index (χ2n) is 8.20. The van der Waals surface area contributed by atoms with Crippen LogP contribution in [0.25, 0.3) is 10.8 Å². The van der Waals surface area contributed by atoms with Gasteiger partial charge < -0.3 is 9.80 Å². The first-order valence-electron chi connectivity index (χ1n) is 10.6. The fourth-order valence-corrected chi connectivity index (χ4v) is 4.71. The fourth-order valence-electron chi connectivity index (χ4n) is 4.71. The van der Waals surface area contributed by atoms with E-state index in [0.717, 1.165) is 44.4 Å². The molecule has 0 radical (unpaired) electrons. The van der Waals surface area contributed by atoms with E-state index < -0.39 is 0 Å². The van der Waals surface area contributed by atoms with Crippen molar-refractivity contribution in [2.45, 2.75) is 51.0 Å². The van der Waals surface area contributed by atoms with Crippen LogP contribution < -0.4 is 5.56 Å². The molecule has 6 heteroatoms. The van der Waals surface area contributed by atoms with E-state index in [1.165, 1.54) is 30.4 Å². The van der Waals surface area contributed by atoms with Crippen LogP contribution in [-0.4, -0.2) is 57.7 Å². The second-order valence-corrected chi connectivity index (χ2v) is 8.20. The minimum atomic E-state index is -0.118. The van der Waals surface area contributed by atoms with Crippen LogP contribution >= 0.6 is 0 Å². The largest absolute Gasteiger partial charge is 0.338 e. The Morgan fingerprint density at radius 1 is 1.04 bits per heavy atom. The van der Waals surface area contributed by atoms with Crippen LogP contribution in [0.2, 0.25) is 0 Å². The minimum absolute atomic E-state index is 0.118. The molecule has 2 saturated heterocycles. The fraction of sp³-hybridized carbons (Fsp3) is 0.591. The van der Waals surface area contributed by atoms with Gasteiger partial charge in [0.05, 0.1) is 17.5 Å². The van der Waals surface area contributed by atoms with Crippen molar-refractivity contribution in [2.24, 2.45) is 7.05 Å². The number of fused-ring (bicyclic) bond motifs is 1. The third-order valence-corrected chi connectivity index (χ3v) is 6.22. The third-order valence-electron chi connectivity index (χ3n) is 6.22. The number of likely N-dealkylation sites (tertiary alicyclic amines) is 2. The highest BCUT2D eigenvalue weighted by molar-refractivity contribution is 5.88. The van der Waals surface area contributed by atoms with Crippen LogP contribution in [-0.2, 0) is 18.3 Å². The summed E-state index contributed by atoms with van der Waals surface area (Å²) in [6, 6.07) is 7.77. The zero-order valence-corrected chi connectivity index (χ0v) is 16.8. The van der Waals surface area contributed by atoms with Gasteiger partial charge in [-0.15, -0.1) is 0 Å². The average Bonchev–Trinajstić information content (AvgIpc) is 2.73. The lowest BCUT2D eigenvalue weighted by molar-refractivity contribution is -0.134. The first-order valence-corrected chi connectivity index (χ1v) is 10.6. The number of hydrogen-bond donors (Lipinski definition) is 0. The summed E-state index contributed by atoms with van der Waals surface area (Å²) in [7, 11) is 1.66. The number of amides is 1. The molecular formula is C22H30N4O2. The third kappa shape index (κ3) is 3.97. The van der Waals surface area contributed by atoms with Crippen molar-refractivity contribution in [1.82, 2.24) is 19.6 Å². The SMILES string of the molecule is Cn1nc(CC(=O)N2CCCC[C@@H]2CN2CCCCC2)c2ccccc2c1=O. The second kappa shape index (κ2) is 8.43. The number of piperidine rings is 2. The predicted molar refractivity (Wildman–Crippen MR) is 110 cm³/mol. The van der Waals surface area contributed by atoms with Crippen LogP contribution in [0.4, 0.5) is 0 Å². The van der Waals surface area contributed by atoms with Gasteiger partial charge in [0, 0.05) is 31.6 Å². The molecule has 2 aromatic rings. The number of carbonyl (C=O) groups is 1. The Hall–Kier alpha value is -2.21. The number of benzene rings is 1. The highest BCUT2D eigenvalue weighted by Gasteiger charge is 2.29. The Balaban J connectivity index is 1.54. The van der Waals surface area contributed by atoms with Crippen LogP contribution in [0, 0.1) is 0 Å². The van der Waals surface area contributed by atoms with Crippen molar-refractivity contribution in [3.05, 3.63) is 40.3 Å². The molecule has 0 saturated carbocycles. The smallest absolute Gasteiger partial charge is 0.274 e. The Morgan fingerprint density at radius 3 is 2.54 bits per heavy atom. The molecule has 1 aromatic heterocycles. The van der Waals surface area contributed by atoms with Crippen molar-refractivity contribution >= 4 is 16.7 Å². The van der Waals surface area contributed by atoms with Gasteiger partial charge in [0.1, 0.15) is 0 Å². The first kappa shape index (κ1) is 19.1. The van der Waals surface area contributed by atoms with Crippen molar-refractivity contribution < 1.29 is 4.79 Å². The molecule has 3 heterocycles. The summed E-state index contributed by atoms with van der Waals surface area (Å²) in [5.41, 5.74) is 0.581. The van der Waals surface area contributed by atoms with E-state index in [1.54, 1.807) is 7.05 Å². The lowest BCUT2D eigenvalue weighted by Gasteiger charge is -2.39. The van der Waals surface area contributed by atoms with Crippen molar-refractivity contribution in [3.63, 3.8) is 0 Å². The average molecular weight is 383 g/mol. The van der Waals surface area contributed by atoms with E-state index >= 15 is 0 Å². The molecule has 2 aliphatic rings. The normalized spacial score (nSPS) is 21.2. The topological polar surface area (TPSA) is 58.4 Å². The molecule has 150 valence electrons. The number of aromatic nitrogens is 2. The maximum atomic E-state index is 13.2. The molecule has 4 rings (SSSR count). The van der Waals surface area contributed by atoms with Gasteiger partial charge >= 0.3 is 0 Å². The zero-order chi connectivity index (χ0) is 19.5. The van der Waals surface area contributed by atoms with Crippen molar-refractivity contribution in [2.75, 3.05) is 26.2 Å². The molecule has 0 unspecified atom stereocenters. The van der Waals surface area contributed by atoms with Gasteiger partial charge in [0.25, 0.3) is 5.56 Å². The summed E-state index contributed by atoms with van der Waals surface area (Å²) in [5.74, 6) is 0.137. The van der Waals surface area contributed by atoms with Gasteiger partial charge in [-0.3, -0.25) is 9.59 Å². The molecule has 1 amide bonds. The van der Waals surface area contributed by atoms with E-state index in [0.29, 0.717) is 17.1 Å². The highest BCUT2D eigenvalue weighted by atomic mass is 16.2. The summed E-state index contributed by atoms with van der Waals surface area (Å²) in [6.07, 6.45) is 7.49. The molecule has 0 bridgehead atoms. The molecule has 28 heavy (non-hydrogen) atoms. The number of hydrogen-bond acceptors (Lipinski definition) is 4. The Labute approximate surface area is 166 Å². The van der Waals surface area contributed by atoms with Gasteiger partial charge in [0.15, 0.2) is 0 Å². The van der Waals surface area contributed by atoms with Crippen molar-refractivity contribution in [1.29, 1.82) is 0 Å². The minimum Gasteiger partial charge on any atom is -0.338 e. The summed E-state index contributed by atoms with van der Waals surface area (Å²) < 4.78 is 1.35. The van der Waals surface area contributed by atoms with Crippen LogP contribution in [0.1, 0.15) is 44.2 Å². The molecule has 0 spiro atoms. The Morgan fingerprint density at radius 2 is 1.75 bits per heavy atom. The lowest BCUT2D eigenvalue weighted by atomic mass is 9.99. The van der Waals surface area contributed by atoms with Crippen molar-refractivity contribution in [3.8, 4) is 0 Å². The van der Waals surface area contributed by atoms with Gasteiger partial charge in [-0.05, 0) is 51.3 Å². The Bertz CT molecular complexity index is 901. The molecule has 1 atom stereocenters. The maximum Gasteiger partial charge on any atom is 0.274 e. The monoisotopic (exact) mass is 382 g/mol. The molecule has 6 nitrogen and oxygen atoms in total. The van der Waals surface area contributed by atoms with E-state index in [-0.39, 0.29) is 17.9 Å². The standard InChI is InChI=1S/C22H30N4O2/c1-24-22(28)19-11-4-3-10-18(19)20(23-24)15-21(27)26-14-8-5-9-17(26)16-25-12-6-2-7-13-25/h3-4,10-11,17H,2,5-9,12-16H2,1H3/t17-/m1/s1. The van der Waals surface area contributed by atoms with Gasteiger partial charge in [-0.1, -0.05) is 24.6 Å². The molecule has 1 aromatic carbocycles. The van der Waals surface area contributed by atoms with Gasteiger partial charge in [-0.25, -0.2) is 4.68 Å². The molecule has 2 fully saturated rings. The Kier molecular flexibility index (Phi) is 5.76. The van der Waals surface area contributed by atoms with Crippen LogP contribution in [0.5, 0.6) is 0 Å². The lowest BCUT2D eigenvalue weighted by Crippen LogP contribution is -2.50. The van der Waals surface area contributed by atoms with Crippen LogP contribution in [0.3, 0.4) is 0 Å². The first-order chi connectivity index (χ1) is 13.6. The number of carbonyl (C=O) groups excluding carboxylic acids is 1. The van der Waals surface area contributed by atoms with E-state index in [2.05, 4.69) is 14.9 Å².